The van der Waals surface area contributed by atoms with Gasteiger partial charge in [-0.25, -0.2) is 4.68 Å². The monoisotopic (exact) mass is 496 g/mol. The SMILES string of the molecule is CCOc1ccc([C@H]2C3=C(Nc4ncnn42)c2cc(C)ccc2O[C@H]3c2ccccc2OC)cc1OC. The van der Waals surface area contributed by atoms with E-state index >= 15 is 0 Å². The number of hydrogen-bond donors (Lipinski definition) is 1. The average molecular weight is 497 g/mol. The van der Waals surface area contributed by atoms with Crippen LogP contribution in [0.3, 0.4) is 0 Å². The van der Waals surface area contributed by atoms with Crippen molar-refractivity contribution >= 4 is 11.6 Å². The molecule has 0 radical (unpaired) electrons. The first-order valence-corrected chi connectivity index (χ1v) is 12.2. The first-order valence-electron chi connectivity index (χ1n) is 12.2. The van der Waals surface area contributed by atoms with Crippen molar-refractivity contribution in [1.29, 1.82) is 0 Å². The van der Waals surface area contributed by atoms with Gasteiger partial charge in [-0.2, -0.15) is 10.1 Å². The minimum atomic E-state index is -0.436. The molecule has 0 unspecified atom stereocenters. The number of aryl methyl sites for hydroxylation is 1. The first kappa shape index (κ1) is 23.0. The molecule has 188 valence electrons. The first-order chi connectivity index (χ1) is 18.1. The third kappa shape index (κ3) is 3.76. The predicted octanol–water partition coefficient (Wildman–Crippen LogP) is 5.56. The van der Waals surface area contributed by atoms with Crippen molar-refractivity contribution in [2.75, 3.05) is 26.1 Å². The Kier molecular flexibility index (Phi) is 5.71. The second kappa shape index (κ2) is 9.20. The molecule has 3 heterocycles. The van der Waals surface area contributed by atoms with Crippen LogP contribution in [-0.4, -0.2) is 35.6 Å². The highest BCUT2D eigenvalue weighted by Gasteiger charge is 2.42. The molecule has 2 aliphatic rings. The second-order valence-corrected chi connectivity index (χ2v) is 8.97. The van der Waals surface area contributed by atoms with Crippen molar-refractivity contribution in [3.63, 3.8) is 0 Å². The van der Waals surface area contributed by atoms with Crippen molar-refractivity contribution in [2.45, 2.75) is 26.0 Å². The molecule has 2 atom stereocenters. The van der Waals surface area contributed by atoms with Crippen LogP contribution in [-0.2, 0) is 0 Å². The molecule has 4 aromatic rings. The van der Waals surface area contributed by atoms with E-state index in [2.05, 4.69) is 34.5 Å². The van der Waals surface area contributed by atoms with E-state index in [0.717, 1.165) is 45.0 Å². The van der Waals surface area contributed by atoms with Gasteiger partial charge in [-0.1, -0.05) is 35.9 Å². The Morgan fingerprint density at radius 3 is 2.62 bits per heavy atom. The highest BCUT2D eigenvalue weighted by atomic mass is 16.5. The van der Waals surface area contributed by atoms with Gasteiger partial charge in [0.2, 0.25) is 5.95 Å². The van der Waals surface area contributed by atoms with Crippen molar-refractivity contribution in [3.05, 3.63) is 94.8 Å². The summed E-state index contributed by atoms with van der Waals surface area (Å²) in [5.41, 5.74) is 5.99. The zero-order chi connectivity index (χ0) is 25.5. The van der Waals surface area contributed by atoms with E-state index in [1.165, 1.54) is 0 Å². The van der Waals surface area contributed by atoms with E-state index in [-0.39, 0.29) is 6.04 Å². The largest absolute Gasteiger partial charge is 0.496 e. The molecule has 0 aliphatic carbocycles. The molecule has 1 N–H and O–H groups in total. The van der Waals surface area contributed by atoms with E-state index in [9.17, 15) is 0 Å². The summed E-state index contributed by atoms with van der Waals surface area (Å²) in [5.74, 6) is 3.55. The molecule has 0 saturated heterocycles. The molecule has 0 bridgehead atoms. The highest BCUT2D eigenvalue weighted by Crippen LogP contribution is 2.52. The maximum Gasteiger partial charge on any atom is 0.226 e. The third-order valence-corrected chi connectivity index (χ3v) is 6.79. The summed E-state index contributed by atoms with van der Waals surface area (Å²) >= 11 is 0. The molecule has 0 fully saturated rings. The van der Waals surface area contributed by atoms with Crippen molar-refractivity contribution in [1.82, 2.24) is 14.8 Å². The molecule has 6 rings (SSSR count). The molecular weight excluding hydrogens is 468 g/mol. The van der Waals surface area contributed by atoms with Crippen LogP contribution in [0.4, 0.5) is 5.95 Å². The summed E-state index contributed by atoms with van der Waals surface area (Å²) < 4.78 is 25.9. The summed E-state index contributed by atoms with van der Waals surface area (Å²) in [5, 5.41) is 8.17. The summed E-state index contributed by atoms with van der Waals surface area (Å²) in [7, 11) is 3.33. The fraction of sp³-hybridized carbons (Fsp3) is 0.241. The Balaban J connectivity index is 1.62. The zero-order valence-electron chi connectivity index (χ0n) is 21.2. The van der Waals surface area contributed by atoms with E-state index in [1.807, 2.05) is 60.1 Å². The van der Waals surface area contributed by atoms with Crippen LogP contribution in [0, 0.1) is 6.92 Å². The van der Waals surface area contributed by atoms with Crippen molar-refractivity contribution in [2.24, 2.45) is 0 Å². The molecule has 3 aromatic carbocycles. The standard InChI is InChI=1S/C29H28N4O4/c1-5-36-23-13-11-18(15-24(23)35-4)27-25-26(32-29-30-16-31-33(27)29)20-14-17(2)10-12-22(20)37-28(25)19-8-6-7-9-21(19)34-3/h6-16,27-28H,5H2,1-4H3,(H,30,31,32)/t27-,28-/m0/s1. The van der Waals surface area contributed by atoms with E-state index in [1.54, 1.807) is 20.5 Å². The van der Waals surface area contributed by atoms with Gasteiger partial charge in [-0.3, -0.25) is 0 Å². The van der Waals surface area contributed by atoms with Gasteiger partial charge in [0.15, 0.2) is 17.6 Å². The molecule has 2 aliphatic heterocycles. The predicted molar refractivity (Wildman–Crippen MR) is 140 cm³/mol. The van der Waals surface area contributed by atoms with Crippen LogP contribution >= 0.6 is 0 Å². The van der Waals surface area contributed by atoms with Gasteiger partial charge in [0.25, 0.3) is 0 Å². The van der Waals surface area contributed by atoms with Crippen LogP contribution in [0.25, 0.3) is 5.70 Å². The molecular formula is C29H28N4O4. The summed E-state index contributed by atoms with van der Waals surface area (Å²) in [6, 6.07) is 19.8. The molecule has 8 heteroatoms. The van der Waals surface area contributed by atoms with Gasteiger partial charge in [-0.15, -0.1) is 0 Å². The van der Waals surface area contributed by atoms with Gasteiger partial charge in [0.05, 0.1) is 26.5 Å². The number of anilines is 1. The second-order valence-electron chi connectivity index (χ2n) is 8.97. The van der Waals surface area contributed by atoms with E-state index < -0.39 is 6.10 Å². The third-order valence-electron chi connectivity index (χ3n) is 6.79. The van der Waals surface area contributed by atoms with Crippen LogP contribution in [0.15, 0.2) is 72.6 Å². The van der Waals surface area contributed by atoms with Gasteiger partial charge in [0, 0.05) is 16.7 Å². The maximum atomic E-state index is 6.75. The maximum absolute atomic E-state index is 6.75. The number of hydrogen-bond acceptors (Lipinski definition) is 7. The van der Waals surface area contributed by atoms with Gasteiger partial charge in [0.1, 0.15) is 23.9 Å². The van der Waals surface area contributed by atoms with E-state index in [0.29, 0.717) is 24.1 Å². The molecule has 0 amide bonds. The molecule has 0 saturated carbocycles. The van der Waals surface area contributed by atoms with Gasteiger partial charge >= 0.3 is 0 Å². The summed E-state index contributed by atoms with van der Waals surface area (Å²) in [6.07, 6.45) is 1.13. The Bertz CT molecular complexity index is 1510. The van der Waals surface area contributed by atoms with Crippen LogP contribution < -0.4 is 24.3 Å². The quantitative estimate of drug-likeness (QED) is 0.374. The molecule has 37 heavy (non-hydrogen) atoms. The summed E-state index contributed by atoms with van der Waals surface area (Å²) in [6.45, 7) is 4.58. The number of nitrogens with zero attached hydrogens (tertiary/aromatic N) is 3. The van der Waals surface area contributed by atoms with E-state index in [4.69, 9.17) is 18.9 Å². The summed E-state index contributed by atoms with van der Waals surface area (Å²) in [4.78, 5) is 4.53. The lowest BCUT2D eigenvalue weighted by atomic mass is 9.84. The number of fused-ring (bicyclic) bond motifs is 3. The van der Waals surface area contributed by atoms with Crippen LogP contribution in [0.5, 0.6) is 23.0 Å². The fourth-order valence-electron chi connectivity index (χ4n) is 5.17. The van der Waals surface area contributed by atoms with Crippen LogP contribution in [0.2, 0.25) is 0 Å². The zero-order valence-corrected chi connectivity index (χ0v) is 21.2. The highest BCUT2D eigenvalue weighted by molar-refractivity contribution is 5.85. The normalized spacial score (nSPS) is 17.6. The van der Waals surface area contributed by atoms with Gasteiger partial charge < -0.3 is 24.3 Å². The van der Waals surface area contributed by atoms with Gasteiger partial charge in [-0.05, 0) is 49.7 Å². The number of para-hydroxylation sites is 1. The average Bonchev–Trinajstić information content (AvgIpc) is 3.40. The lowest BCUT2D eigenvalue weighted by Gasteiger charge is -2.39. The number of methoxy groups -OCH3 is 2. The Hall–Kier alpha value is -4.46. The fourth-order valence-corrected chi connectivity index (χ4v) is 5.17. The topological polar surface area (TPSA) is 79.7 Å². The minimum Gasteiger partial charge on any atom is -0.496 e. The van der Waals surface area contributed by atoms with Crippen molar-refractivity contribution < 1.29 is 18.9 Å². The Morgan fingerprint density at radius 2 is 1.81 bits per heavy atom. The molecule has 0 spiro atoms. The lowest BCUT2D eigenvalue weighted by molar-refractivity contribution is 0.217. The Labute approximate surface area is 215 Å². The van der Waals surface area contributed by atoms with Crippen LogP contribution in [0.1, 0.15) is 41.3 Å². The number of rotatable bonds is 6. The number of aromatic nitrogens is 3. The lowest BCUT2D eigenvalue weighted by Crippen LogP contribution is -2.32. The minimum absolute atomic E-state index is 0.318. The number of ether oxygens (including phenoxy) is 4. The molecule has 8 nitrogen and oxygen atoms in total. The smallest absolute Gasteiger partial charge is 0.226 e. The van der Waals surface area contributed by atoms with Crippen molar-refractivity contribution in [3.8, 4) is 23.0 Å². The number of nitrogens with one attached hydrogen (secondary N) is 1. The Morgan fingerprint density at radius 1 is 0.973 bits per heavy atom. The molecule has 1 aromatic heterocycles. The number of benzene rings is 3.